The van der Waals surface area contributed by atoms with E-state index in [-0.39, 0.29) is 6.71 Å². The second kappa shape index (κ2) is 12.7. The minimum atomic E-state index is 0.136. The van der Waals surface area contributed by atoms with E-state index in [1.165, 1.54) is 117 Å². The Balaban J connectivity index is 1.21. The van der Waals surface area contributed by atoms with Gasteiger partial charge in [0.15, 0.2) is 0 Å². The van der Waals surface area contributed by atoms with Gasteiger partial charge >= 0.3 is 0 Å². The third-order valence-corrected chi connectivity index (χ3v) is 12.6. The van der Waals surface area contributed by atoms with Gasteiger partial charge in [-0.2, -0.15) is 0 Å². The number of para-hydroxylation sites is 2. The van der Waals surface area contributed by atoms with Gasteiger partial charge in [-0.3, -0.25) is 0 Å². The number of hydrogen-bond donors (Lipinski definition) is 0. The summed E-state index contributed by atoms with van der Waals surface area (Å²) in [6.07, 6.45) is 9.85. The molecule has 0 unspecified atom stereocenters. The summed E-state index contributed by atoms with van der Waals surface area (Å²) in [5.41, 5.74) is 24.7. The van der Waals surface area contributed by atoms with Crippen LogP contribution in [0.25, 0.3) is 22.3 Å². The molecule has 7 aromatic rings. The molecule has 0 saturated carbocycles. The average molecular weight is 695 g/mol. The highest BCUT2D eigenvalue weighted by molar-refractivity contribution is 7.00. The molecule has 0 spiro atoms. The largest absolute Gasteiger partial charge is 0.311 e. The van der Waals surface area contributed by atoms with Gasteiger partial charge in [0, 0.05) is 28.4 Å². The maximum atomic E-state index is 2.74. The molecule has 0 saturated heterocycles. The van der Waals surface area contributed by atoms with Crippen LogP contribution < -0.4 is 26.2 Å². The Morgan fingerprint density at radius 3 is 1.48 bits per heavy atom. The second-order valence-electron chi connectivity index (χ2n) is 15.9. The molecule has 0 amide bonds. The van der Waals surface area contributed by atoms with Crippen LogP contribution in [0.4, 0.5) is 34.1 Å². The van der Waals surface area contributed by atoms with Crippen LogP contribution in [0.3, 0.4) is 0 Å². The van der Waals surface area contributed by atoms with Gasteiger partial charge < -0.3 is 9.80 Å². The van der Waals surface area contributed by atoms with E-state index in [4.69, 9.17) is 0 Å². The van der Waals surface area contributed by atoms with E-state index in [1.54, 1.807) is 22.3 Å². The fraction of sp³-hybridized carbons (Fsp3) is 0.176. The highest BCUT2D eigenvalue weighted by Crippen LogP contribution is 2.49. The van der Waals surface area contributed by atoms with Crippen molar-refractivity contribution in [3.05, 3.63) is 173 Å². The lowest BCUT2D eigenvalue weighted by Gasteiger charge is -2.46. The molecule has 0 fully saturated rings. The molecule has 2 aliphatic carbocycles. The van der Waals surface area contributed by atoms with Gasteiger partial charge in [0.2, 0.25) is 0 Å². The molecule has 0 atom stereocenters. The van der Waals surface area contributed by atoms with Crippen LogP contribution in [0, 0.1) is 6.92 Å². The predicted octanol–water partition coefficient (Wildman–Crippen LogP) is 11.2. The number of hydrogen-bond acceptors (Lipinski definition) is 2. The zero-order chi connectivity index (χ0) is 35.8. The van der Waals surface area contributed by atoms with E-state index in [0.717, 1.165) is 12.8 Å². The van der Waals surface area contributed by atoms with E-state index in [1.807, 2.05) is 0 Å². The lowest BCUT2D eigenvalue weighted by Crippen LogP contribution is -2.61. The number of anilines is 6. The van der Waals surface area contributed by atoms with Gasteiger partial charge in [-0.05, 0) is 167 Å². The molecule has 0 N–H and O–H groups in total. The Labute approximate surface area is 319 Å². The Morgan fingerprint density at radius 2 is 0.907 bits per heavy atom. The normalized spacial score (nSPS) is 15.2. The van der Waals surface area contributed by atoms with Crippen molar-refractivity contribution in [3.8, 4) is 22.3 Å². The Morgan fingerprint density at radius 1 is 0.426 bits per heavy atom. The SMILES string of the molecule is Cc1cc2c3c(c1)N(c1c4c(cc5c1CCCC5)CCCC4)c1ccccc1B3c1ccccc1N2c1cc(-c2ccccc2)cc(-c2ccccc2)c1. The van der Waals surface area contributed by atoms with Gasteiger partial charge in [0.1, 0.15) is 0 Å². The molecule has 54 heavy (non-hydrogen) atoms. The van der Waals surface area contributed by atoms with E-state index >= 15 is 0 Å². The summed E-state index contributed by atoms with van der Waals surface area (Å²) in [6, 6.07) is 55.0. The summed E-state index contributed by atoms with van der Waals surface area (Å²) < 4.78 is 0. The topological polar surface area (TPSA) is 6.48 Å². The maximum Gasteiger partial charge on any atom is 0.252 e. The van der Waals surface area contributed by atoms with E-state index in [0.29, 0.717) is 0 Å². The molecule has 2 aliphatic heterocycles. The first-order valence-corrected chi connectivity index (χ1v) is 20.1. The van der Waals surface area contributed by atoms with Crippen molar-refractivity contribution in [2.75, 3.05) is 9.80 Å². The van der Waals surface area contributed by atoms with Crippen LogP contribution in [0.2, 0.25) is 0 Å². The Hall–Kier alpha value is -5.80. The van der Waals surface area contributed by atoms with Gasteiger partial charge in [-0.25, -0.2) is 0 Å². The summed E-state index contributed by atoms with van der Waals surface area (Å²) >= 11 is 0. The highest BCUT2D eigenvalue weighted by Gasteiger charge is 2.44. The molecule has 0 radical (unpaired) electrons. The van der Waals surface area contributed by atoms with E-state index < -0.39 is 0 Å². The number of benzene rings is 7. The fourth-order valence-electron chi connectivity index (χ4n) is 10.3. The van der Waals surface area contributed by atoms with Crippen LogP contribution >= 0.6 is 0 Å². The number of aryl methyl sites for hydroxylation is 3. The first-order chi connectivity index (χ1) is 26.7. The molecule has 7 aromatic carbocycles. The Bertz CT molecular complexity index is 2500. The minimum Gasteiger partial charge on any atom is -0.311 e. The first-order valence-electron chi connectivity index (χ1n) is 20.1. The standard InChI is InChI=1S/C51H43BN2/c1-34-28-48-50-49(29-34)54(51-42-22-10-8-20-37(42)30-38-21-9-11-23-43(38)51)47-27-15-13-25-45(47)52(50)44-24-12-14-26-46(44)53(48)41-32-39(35-16-4-2-5-17-35)31-40(33-41)36-18-6-3-7-19-36/h2-7,12-19,24-33H,8-11,20-23H2,1H3. The molecule has 11 rings (SSSR count). The van der Waals surface area contributed by atoms with Crippen molar-refractivity contribution >= 4 is 57.2 Å². The third kappa shape index (κ3) is 4.94. The molecular formula is C51H43BN2. The van der Waals surface area contributed by atoms with Crippen LogP contribution in [-0.2, 0) is 25.7 Å². The lowest BCUT2D eigenvalue weighted by atomic mass is 9.33. The molecule has 3 heteroatoms. The smallest absolute Gasteiger partial charge is 0.252 e. The summed E-state index contributed by atoms with van der Waals surface area (Å²) in [5, 5.41) is 0. The van der Waals surface area contributed by atoms with Gasteiger partial charge in [-0.1, -0.05) is 103 Å². The lowest BCUT2D eigenvalue weighted by molar-refractivity contribution is 0.658. The molecular weight excluding hydrogens is 651 g/mol. The molecule has 260 valence electrons. The monoisotopic (exact) mass is 694 g/mol. The fourth-order valence-corrected chi connectivity index (χ4v) is 10.3. The van der Waals surface area contributed by atoms with Crippen LogP contribution in [-0.4, -0.2) is 6.71 Å². The van der Waals surface area contributed by atoms with E-state index in [2.05, 4.69) is 162 Å². The molecule has 2 nitrogen and oxygen atoms in total. The molecule has 2 heterocycles. The van der Waals surface area contributed by atoms with Gasteiger partial charge in [0.25, 0.3) is 6.71 Å². The average Bonchev–Trinajstić information content (AvgIpc) is 3.23. The zero-order valence-corrected chi connectivity index (χ0v) is 31.0. The zero-order valence-electron chi connectivity index (χ0n) is 31.0. The number of fused-ring (bicyclic) bond motifs is 6. The minimum absolute atomic E-state index is 0.136. The van der Waals surface area contributed by atoms with Crippen molar-refractivity contribution in [1.82, 2.24) is 0 Å². The Kier molecular flexibility index (Phi) is 7.44. The van der Waals surface area contributed by atoms with Gasteiger partial charge in [0.05, 0.1) is 5.69 Å². The summed E-state index contributed by atoms with van der Waals surface area (Å²) in [6.45, 7) is 2.44. The van der Waals surface area contributed by atoms with Crippen molar-refractivity contribution in [3.63, 3.8) is 0 Å². The predicted molar refractivity (Wildman–Crippen MR) is 229 cm³/mol. The molecule has 4 aliphatic rings. The van der Waals surface area contributed by atoms with Crippen molar-refractivity contribution in [2.24, 2.45) is 0 Å². The van der Waals surface area contributed by atoms with Crippen molar-refractivity contribution < 1.29 is 0 Å². The quantitative estimate of drug-likeness (QED) is 0.169. The summed E-state index contributed by atoms with van der Waals surface area (Å²) in [7, 11) is 0. The van der Waals surface area contributed by atoms with Crippen molar-refractivity contribution in [1.29, 1.82) is 0 Å². The van der Waals surface area contributed by atoms with Crippen LogP contribution in [0.1, 0.15) is 53.5 Å². The van der Waals surface area contributed by atoms with Crippen molar-refractivity contribution in [2.45, 2.75) is 58.3 Å². The van der Waals surface area contributed by atoms with Crippen LogP contribution in [0.5, 0.6) is 0 Å². The molecule has 0 aromatic heterocycles. The number of rotatable bonds is 4. The second-order valence-corrected chi connectivity index (χ2v) is 15.9. The van der Waals surface area contributed by atoms with Gasteiger partial charge in [-0.15, -0.1) is 0 Å². The summed E-state index contributed by atoms with van der Waals surface area (Å²) in [5.74, 6) is 0. The first kappa shape index (κ1) is 31.7. The maximum absolute atomic E-state index is 2.74. The highest BCUT2D eigenvalue weighted by atomic mass is 15.2. The third-order valence-electron chi connectivity index (χ3n) is 12.6. The number of nitrogens with zero attached hydrogens (tertiary/aromatic N) is 2. The van der Waals surface area contributed by atoms with E-state index in [9.17, 15) is 0 Å². The van der Waals surface area contributed by atoms with Crippen LogP contribution in [0.15, 0.2) is 146 Å². The summed E-state index contributed by atoms with van der Waals surface area (Å²) in [4.78, 5) is 5.33. The molecule has 0 bridgehead atoms.